The molecular weight excluding hydrogens is 196 g/mol. The number of hydrogen-bond donors (Lipinski definition) is 0. The molecule has 0 atom stereocenters. The van der Waals surface area contributed by atoms with Crippen LogP contribution >= 0.6 is 0 Å². The Morgan fingerprint density at radius 3 is 2.43 bits per heavy atom. The van der Waals surface area contributed by atoms with Crippen molar-refractivity contribution in [2.75, 3.05) is 13.2 Å². The van der Waals surface area contributed by atoms with E-state index in [1.54, 1.807) is 0 Å². The van der Waals surface area contributed by atoms with Crippen molar-refractivity contribution >= 4 is 14.3 Å². The van der Waals surface area contributed by atoms with E-state index in [9.17, 15) is 4.79 Å². The standard InChI is InChI=1S/C10H22O3Si/c1-5-8-13-14(3,4)9-7-10(11)12-6-2/h5-9H2,1-4H3. The van der Waals surface area contributed by atoms with Gasteiger partial charge in [0.1, 0.15) is 0 Å². The minimum atomic E-state index is -1.62. The second-order valence-electron chi connectivity index (χ2n) is 3.91. The van der Waals surface area contributed by atoms with Crippen LogP contribution in [0.3, 0.4) is 0 Å². The van der Waals surface area contributed by atoms with E-state index in [-0.39, 0.29) is 5.97 Å². The highest BCUT2D eigenvalue weighted by Gasteiger charge is 2.23. The van der Waals surface area contributed by atoms with E-state index >= 15 is 0 Å². The predicted molar refractivity (Wildman–Crippen MR) is 59.8 cm³/mol. The lowest BCUT2D eigenvalue weighted by atomic mass is 10.5. The Hall–Kier alpha value is -0.353. The van der Waals surface area contributed by atoms with Crippen LogP contribution in [-0.2, 0) is 14.0 Å². The van der Waals surface area contributed by atoms with E-state index in [4.69, 9.17) is 9.16 Å². The third-order valence-electron chi connectivity index (χ3n) is 1.93. The van der Waals surface area contributed by atoms with Gasteiger partial charge in [0.2, 0.25) is 0 Å². The van der Waals surface area contributed by atoms with E-state index in [0.717, 1.165) is 19.1 Å². The van der Waals surface area contributed by atoms with Crippen molar-refractivity contribution in [1.82, 2.24) is 0 Å². The van der Waals surface area contributed by atoms with Crippen LogP contribution in [0.4, 0.5) is 0 Å². The summed E-state index contributed by atoms with van der Waals surface area (Å²) in [6, 6.07) is 0.853. The molecule has 0 N–H and O–H groups in total. The fourth-order valence-electron chi connectivity index (χ4n) is 1.09. The molecule has 0 saturated carbocycles. The number of esters is 1. The Labute approximate surface area is 87.9 Å². The van der Waals surface area contributed by atoms with Gasteiger partial charge in [0.15, 0.2) is 8.32 Å². The van der Waals surface area contributed by atoms with Gasteiger partial charge in [-0.05, 0) is 32.5 Å². The van der Waals surface area contributed by atoms with Gasteiger partial charge in [-0.3, -0.25) is 4.79 Å². The second-order valence-corrected chi connectivity index (χ2v) is 8.22. The Kier molecular flexibility index (Phi) is 6.83. The lowest BCUT2D eigenvalue weighted by Gasteiger charge is -2.21. The molecule has 4 heteroatoms. The number of ether oxygens (including phenoxy) is 1. The summed E-state index contributed by atoms with van der Waals surface area (Å²) in [6.07, 6.45) is 1.53. The van der Waals surface area contributed by atoms with Gasteiger partial charge in [-0.1, -0.05) is 6.92 Å². The lowest BCUT2D eigenvalue weighted by molar-refractivity contribution is -0.142. The molecule has 0 aromatic heterocycles. The number of carbonyl (C=O) groups is 1. The van der Waals surface area contributed by atoms with Crippen molar-refractivity contribution in [3.05, 3.63) is 0 Å². The normalized spacial score (nSPS) is 11.4. The van der Waals surface area contributed by atoms with Gasteiger partial charge in [0, 0.05) is 13.0 Å². The van der Waals surface area contributed by atoms with E-state index in [2.05, 4.69) is 20.0 Å². The van der Waals surface area contributed by atoms with Crippen molar-refractivity contribution in [1.29, 1.82) is 0 Å². The summed E-state index contributed by atoms with van der Waals surface area (Å²) in [5, 5.41) is 0. The first-order chi connectivity index (χ1) is 6.52. The van der Waals surface area contributed by atoms with Crippen LogP contribution in [0.25, 0.3) is 0 Å². The average molecular weight is 218 g/mol. The van der Waals surface area contributed by atoms with Crippen molar-refractivity contribution in [3.63, 3.8) is 0 Å². The van der Waals surface area contributed by atoms with Crippen LogP contribution in [0.5, 0.6) is 0 Å². The van der Waals surface area contributed by atoms with Gasteiger partial charge in [0.25, 0.3) is 0 Å². The maximum absolute atomic E-state index is 11.1. The molecule has 0 heterocycles. The molecule has 84 valence electrons. The fourth-order valence-corrected chi connectivity index (χ4v) is 2.79. The third-order valence-corrected chi connectivity index (χ3v) is 4.37. The van der Waals surface area contributed by atoms with Crippen LogP contribution in [0.2, 0.25) is 19.1 Å². The molecule has 0 aromatic carbocycles. The summed E-state index contributed by atoms with van der Waals surface area (Å²) in [5.41, 5.74) is 0. The summed E-state index contributed by atoms with van der Waals surface area (Å²) in [4.78, 5) is 11.1. The van der Waals surface area contributed by atoms with Crippen LogP contribution in [-0.4, -0.2) is 27.5 Å². The number of carbonyl (C=O) groups excluding carboxylic acids is 1. The quantitative estimate of drug-likeness (QED) is 0.486. The Morgan fingerprint density at radius 2 is 1.93 bits per heavy atom. The molecule has 0 radical (unpaired) electrons. The van der Waals surface area contributed by atoms with E-state index in [1.165, 1.54) is 0 Å². The first kappa shape index (κ1) is 13.6. The fraction of sp³-hybridized carbons (Fsp3) is 0.900. The minimum absolute atomic E-state index is 0.104. The molecule has 0 aliphatic carbocycles. The maximum atomic E-state index is 11.1. The summed E-state index contributed by atoms with van der Waals surface area (Å²) in [7, 11) is -1.62. The van der Waals surface area contributed by atoms with E-state index < -0.39 is 8.32 Å². The molecule has 0 aliphatic heterocycles. The Morgan fingerprint density at radius 1 is 1.29 bits per heavy atom. The van der Waals surface area contributed by atoms with Crippen LogP contribution < -0.4 is 0 Å². The van der Waals surface area contributed by atoms with Gasteiger partial charge in [-0.2, -0.15) is 0 Å². The monoisotopic (exact) mass is 218 g/mol. The Bertz CT molecular complexity index is 169. The van der Waals surface area contributed by atoms with Crippen LogP contribution in [0.1, 0.15) is 26.7 Å². The van der Waals surface area contributed by atoms with Gasteiger partial charge in [-0.25, -0.2) is 0 Å². The summed E-state index contributed by atoms with van der Waals surface area (Å²) in [5.74, 6) is -0.104. The molecule has 0 rings (SSSR count). The highest BCUT2D eigenvalue weighted by Crippen LogP contribution is 2.14. The smallest absolute Gasteiger partial charge is 0.305 e. The van der Waals surface area contributed by atoms with Gasteiger partial charge in [-0.15, -0.1) is 0 Å². The topological polar surface area (TPSA) is 35.5 Å². The molecule has 0 aliphatic rings. The molecular formula is C10H22O3Si. The predicted octanol–water partition coefficient (Wildman–Crippen LogP) is 2.57. The van der Waals surface area contributed by atoms with Crippen molar-refractivity contribution in [2.24, 2.45) is 0 Å². The molecule has 0 fully saturated rings. The minimum Gasteiger partial charge on any atom is -0.466 e. The Balaban J connectivity index is 3.68. The summed E-state index contributed by atoms with van der Waals surface area (Å²) in [6.45, 7) is 9.48. The van der Waals surface area contributed by atoms with Crippen LogP contribution in [0.15, 0.2) is 0 Å². The molecule has 0 unspecified atom stereocenters. The van der Waals surface area contributed by atoms with Crippen molar-refractivity contribution in [3.8, 4) is 0 Å². The van der Waals surface area contributed by atoms with Crippen molar-refractivity contribution in [2.45, 2.75) is 45.8 Å². The van der Waals surface area contributed by atoms with Crippen LogP contribution in [0, 0.1) is 0 Å². The molecule has 14 heavy (non-hydrogen) atoms. The third kappa shape index (κ3) is 7.09. The largest absolute Gasteiger partial charge is 0.466 e. The highest BCUT2D eigenvalue weighted by atomic mass is 28.4. The first-order valence-corrected chi connectivity index (χ1v) is 8.43. The molecule has 0 aromatic rings. The van der Waals surface area contributed by atoms with E-state index in [1.807, 2.05) is 6.92 Å². The zero-order valence-electron chi connectivity index (χ0n) is 9.76. The summed E-state index contributed by atoms with van der Waals surface area (Å²) >= 11 is 0. The molecule has 3 nitrogen and oxygen atoms in total. The number of hydrogen-bond acceptors (Lipinski definition) is 3. The number of rotatable bonds is 7. The molecule has 0 bridgehead atoms. The first-order valence-electron chi connectivity index (χ1n) is 5.31. The second kappa shape index (κ2) is 7.01. The molecule has 0 saturated heterocycles. The summed E-state index contributed by atoms with van der Waals surface area (Å²) < 4.78 is 10.6. The highest BCUT2D eigenvalue weighted by molar-refractivity contribution is 6.71. The zero-order chi connectivity index (χ0) is 11.0. The average Bonchev–Trinajstić information content (AvgIpc) is 2.13. The van der Waals surface area contributed by atoms with Gasteiger partial charge < -0.3 is 9.16 Å². The SMILES string of the molecule is CCCO[Si](C)(C)CCC(=O)OCC. The zero-order valence-corrected chi connectivity index (χ0v) is 10.8. The van der Waals surface area contributed by atoms with Crippen molar-refractivity contribution < 1.29 is 14.0 Å². The van der Waals surface area contributed by atoms with Gasteiger partial charge in [0.05, 0.1) is 6.61 Å². The van der Waals surface area contributed by atoms with E-state index in [0.29, 0.717) is 13.0 Å². The molecule has 0 amide bonds. The molecule has 0 spiro atoms. The maximum Gasteiger partial charge on any atom is 0.305 e. The van der Waals surface area contributed by atoms with Gasteiger partial charge >= 0.3 is 5.97 Å². The lowest BCUT2D eigenvalue weighted by Crippen LogP contribution is -2.31.